The van der Waals surface area contributed by atoms with Crippen LogP contribution in [0.3, 0.4) is 0 Å². The summed E-state index contributed by atoms with van der Waals surface area (Å²) in [5.74, 6) is 0. The van der Waals surface area contributed by atoms with Gasteiger partial charge in [0.1, 0.15) is 0 Å². The molecule has 0 unspecified atom stereocenters. The quantitative estimate of drug-likeness (QED) is 0.720. The number of hydrogen-bond donors (Lipinski definition) is 1. The first-order chi connectivity index (χ1) is 9.16. The van der Waals surface area contributed by atoms with Crippen molar-refractivity contribution in [1.29, 1.82) is 0 Å². The minimum atomic E-state index is -0.309. The van der Waals surface area contributed by atoms with Crippen LogP contribution in [0.4, 0.5) is 0 Å². The van der Waals surface area contributed by atoms with E-state index in [1.807, 2.05) is 56.3 Å². The van der Waals surface area contributed by atoms with Gasteiger partial charge in [0.15, 0.2) is 0 Å². The summed E-state index contributed by atoms with van der Waals surface area (Å²) in [4.78, 5) is 18.7. The van der Waals surface area contributed by atoms with Gasteiger partial charge in [0.05, 0.1) is 11.2 Å². The van der Waals surface area contributed by atoms with Crippen LogP contribution in [0, 0.1) is 13.8 Å². The van der Waals surface area contributed by atoms with Crippen LogP contribution in [-0.2, 0) is 0 Å². The highest BCUT2D eigenvalue weighted by Crippen LogP contribution is 2.29. The zero-order valence-electron chi connectivity index (χ0n) is 10.9. The number of H-pyrrole nitrogens is 1. The highest BCUT2D eigenvalue weighted by Gasteiger charge is 2.11. The van der Waals surface area contributed by atoms with Gasteiger partial charge in [-0.2, -0.15) is 4.98 Å². The van der Waals surface area contributed by atoms with E-state index in [2.05, 4.69) is 9.97 Å². The molecule has 94 valence electrons. The molecular weight excluding hydrogens is 236 g/mol. The molecule has 1 N–H and O–H groups in total. The fraction of sp³-hybridized carbons (Fsp3) is 0.125. The number of rotatable bonds is 1. The van der Waals surface area contributed by atoms with Crippen molar-refractivity contribution in [2.45, 2.75) is 13.8 Å². The summed E-state index contributed by atoms with van der Waals surface area (Å²) in [7, 11) is 0. The van der Waals surface area contributed by atoms with Crippen molar-refractivity contribution < 1.29 is 0 Å². The summed E-state index contributed by atoms with van der Waals surface area (Å²) in [5.41, 5.74) is 4.57. The molecule has 0 saturated heterocycles. The summed E-state index contributed by atoms with van der Waals surface area (Å²) in [6, 6.07) is 13.9. The molecule has 0 fully saturated rings. The van der Waals surface area contributed by atoms with Crippen LogP contribution in [0.15, 0.2) is 47.3 Å². The zero-order valence-corrected chi connectivity index (χ0v) is 10.9. The minimum absolute atomic E-state index is 0.309. The summed E-state index contributed by atoms with van der Waals surface area (Å²) in [5, 5.41) is 0.972. The molecule has 1 aromatic heterocycles. The van der Waals surface area contributed by atoms with Gasteiger partial charge in [-0.05, 0) is 31.0 Å². The molecule has 0 atom stereocenters. The van der Waals surface area contributed by atoms with Crippen molar-refractivity contribution in [2.24, 2.45) is 0 Å². The Hall–Kier alpha value is -2.42. The van der Waals surface area contributed by atoms with Crippen LogP contribution in [0.25, 0.3) is 22.2 Å². The van der Waals surface area contributed by atoms with Gasteiger partial charge >= 0.3 is 5.69 Å². The molecule has 0 amide bonds. The van der Waals surface area contributed by atoms with Gasteiger partial charge in [0, 0.05) is 10.9 Å². The highest BCUT2D eigenvalue weighted by atomic mass is 16.1. The third kappa shape index (κ3) is 1.93. The molecule has 3 aromatic rings. The Bertz CT molecular complexity index is 798. The van der Waals surface area contributed by atoms with Crippen molar-refractivity contribution in [3.63, 3.8) is 0 Å². The Morgan fingerprint density at radius 3 is 2.37 bits per heavy atom. The van der Waals surface area contributed by atoms with E-state index in [9.17, 15) is 4.79 Å². The van der Waals surface area contributed by atoms with Crippen molar-refractivity contribution >= 4 is 10.9 Å². The highest BCUT2D eigenvalue weighted by molar-refractivity contribution is 5.93. The number of aromatic amines is 1. The van der Waals surface area contributed by atoms with E-state index in [4.69, 9.17) is 0 Å². The molecule has 19 heavy (non-hydrogen) atoms. The second kappa shape index (κ2) is 4.35. The lowest BCUT2D eigenvalue weighted by Gasteiger charge is -2.11. The Morgan fingerprint density at radius 1 is 0.947 bits per heavy atom. The van der Waals surface area contributed by atoms with Crippen LogP contribution in [0.1, 0.15) is 11.1 Å². The molecule has 0 aliphatic heterocycles. The van der Waals surface area contributed by atoms with Gasteiger partial charge in [0.2, 0.25) is 0 Å². The van der Waals surface area contributed by atoms with E-state index in [0.717, 1.165) is 33.3 Å². The average molecular weight is 250 g/mol. The number of fused-ring (bicyclic) bond motifs is 1. The van der Waals surface area contributed by atoms with Crippen LogP contribution in [-0.4, -0.2) is 9.97 Å². The van der Waals surface area contributed by atoms with Gasteiger partial charge in [-0.15, -0.1) is 0 Å². The Balaban J connectivity index is 2.46. The number of aromatic nitrogens is 2. The third-order valence-electron chi connectivity index (χ3n) is 3.36. The lowest BCUT2D eigenvalue weighted by Crippen LogP contribution is -2.12. The molecule has 0 saturated carbocycles. The first-order valence-corrected chi connectivity index (χ1v) is 6.22. The predicted molar refractivity (Wildman–Crippen MR) is 77.3 cm³/mol. The van der Waals surface area contributed by atoms with Crippen LogP contribution < -0.4 is 5.69 Å². The second-order valence-electron chi connectivity index (χ2n) is 4.70. The number of nitrogens with zero attached hydrogens (tertiary/aromatic N) is 1. The van der Waals surface area contributed by atoms with E-state index in [1.54, 1.807) is 0 Å². The number of benzene rings is 2. The van der Waals surface area contributed by atoms with Crippen LogP contribution in [0.5, 0.6) is 0 Å². The second-order valence-corrected chi connectivity index (χ2v) is 4.70. The Kier molecular flexibility index (Phi) is 2.67. The number of aryl methyl sites for hydroxylation is 2. The molecule has 3 heteroatoms. The van der Waals surface area contributed by atoms with Gasteiger partial charge in [0.25, 0.3) is 0 Å². The first-order valence-electron chi connectivity index (χ1n) is 6.22. The topological polar surface area (TPSA) is 45.8 Å². The molecule has 0 radical (unpaired) electrons. The molecule has 3 rings (SSSR count). The number of para-hydroxylation sites is 1. The van der Waals surface area contributed by atoms with Crippen molar-refractivity contribution in [3.8, 4) is 11.3 Å². The molecule has 2 aromatic carbocycles. The SMILES string of the molecule is Cc1cccc(C)c1-c1nc(=O)[nH]c2ccccc12. The molecule has 0 spiro atoms. The monoisotopic (exact) mass is 250 g/mol. The molecule has 0 bridgehead atoms. The fourth-order valence-electron chi connectivity index (χ4n) is 2.48. The largest absolute Gasteiger partial charge is 0.345 e. The van der Waals surface area contributed by atoms with Gasteiger partial charge in [-0.3, -0.25) is 0 Å². The smallest absolute Gasteiger partial charge is 0.305 e. The summed E-state index contributed by atoms with van der Waals surface area (Å²) >= 11 is 0. The first kappa shape index (κ1) is 11.7. The number of nitrogens with one attached hydrogen (secondary N) is 1. The minimum Gasteiger partial charge on any atom is -0.305 e. The maximum Gasteiger partial charge on any atom is 0.345 e. The van der Waals surface area contributed by atoms with Gasteiger partial charge in [-0.25, -0.2) is 4.79 Å². The third-order valence-corrected chi connectivity index (χ3v) is 3.36. The van der Waals surface area contributed by atoms with E-state index >= 15 is 0 Å². The zero-order chi connectivity index (χ0) is 13.4. The lowest BCUT2D eigenvalue weighted by atomic mass is 9.97. The normalized spacial score (nSPS) is 10.8. The van der Waals surface area contributed by atoms with Crippen molar-refractivity contribution in [2.75, 3.05) is 0 Å². The molecular formula is C16H14N2O. The Labute approximate surface area is 111 Å². The van der Waals surface area contributed by atoms with E-state index in [1.165, 1.54) is 0 Å². The van der Waals surface area contributed by atoms with Crippen LogP contribution >= 0.6 is 0 Å². The summed E-state index contributed by atoms with van der Waals surface area (Å²) in [6.07, 6.45) is 0. The van der Waals surface area contributed by atoms with E-state index < -0.39 is 0 Å². The predicted octanol–water partition coefficient (Wildman–Crippen LogP) is 3.21. The maximum absolute atomic E-state index is 11.7. The molecule has 1 heterocycles. The van der Waals surface area contributed by atoms with Gasteiger partial charge in [-0.1, -0.05) is 36.4 Å². The maximum atomic E-state index is 11.7. The summed E-state index contributed by atoms with van der Waals surface area (Å²) in [6.45, 7) is 4.08. The Morgan fingerprint density at radius 2 is 1.63 bits per heavy atom. The summed E-state index contributed by atoms with van der Waals surface area (Å²) < 4.78 is 0. The molecule has 0 aliphatic rings. The average Bonchev–Trinajstić information content (AvgIpc) is 2.38. The standard InChI is InChI=1S/C16H14N2O/c1-10-6-5-7-11(2)14(10)15-12-8-3-4-9-13(12)17-16(19)18-15/h3-9H,1-2H3,(H,17,18,19). The molecule has 3 nitrogen and oxygen atoms in total. The van der Waals surface area contributed by atoms with E-state index in [0.29, 0.717) is 0 Å². The van der Waals surface area contributed by atoms with Crippen molar-refractivity contribution in [3.05, 3.63) is 64.1 Å². The fourth-order valence-corrected chi connectivity index (χ4v) is 2.48. The van der Waals surface area contributed by atoms with Crippen LogP contribution in [0.2, 0.25) is 0 Å². The number of hydrogen-bond acceptors (Lipinski definition) is 2. The van der Waals surface area contributed by atoms with Gasteiger partial charge < -0.3 is 4.98 Å². The van der Waals surface area contributed by atoms with E-state index in [-0.39, 0.29) is 5.69 Å². The lowest BCUT2D eigenvalue weighted by molar-refractivity contribution is 1.12. The molecule has 0 aliphatic carbocycles. The van der Waals surface area contributed by atoms with Crippen molar-refractivity contribution in [1.82, 2.24) is 9.97 Å².